The molecule has 1 aliphatic carbocycles. The number of carbonyl (C=O) groups is 1. The largest absolute Gasteiger partial charge is 0.353 e. The van der Waals surface area contributed by atoms with Gasteiger partial charge in [0.1, 0.15) is 0 Å². The number of rotatable bonds is 7. The van der Waals surface area contributed by atoms with Crippen molar-refractivity contribution in [3.05, 3.63) is 35.9 Å². The van der Waals surface area contributed by atoms with Crippen LogP contribution in [0.1, 0.15) is 37.7 Å². The van der Waals surface area contributed by atoms with Crippen LogP contribution >= 0.6 is 0 Å². The van der Waals surface area contributed by atoms with E-state index in [-0.39, 0.29) is 24.9 Å². The summed E-state index contributed by atoms with van der Waals surface area (Å²) in [6.07, 6.45) is 6.73. The van der Waals surface area contributed by atoms with E-state index in [4.69, 9.17) is 0 Å². The SMILES string of the molecule is CS(=O)(=O)NCCC(=O)N[C@@H]1CCCC[C@H]1Cc1ccccc1. The summed E-state index contributed by atoms with van der Waals surface area (Å²) in [5.74, 6) is 0.379. The number of benzene rings is 1. The van der Waals surface area contributed by atoms with Crippen LogP contribution in [0, 0.1) is 5.92 Å². The lowest BCUT2D eigenvalue weighted by Crippen LogP contribution is -2.43. The minimum Gasteiger partial charge on any atom is -0.353 e. The Morgan fingerprint density at radius 1 is 1.17 bits per heavy atom. The molecule has 0 radical (unpaired) electrons. The summed E-state index contributed by atoms with van der Waals surface area (Å²) in [5, 5.41) is 3.10. The molecule has 0 heterocycles. The fourth-order valence-corrected chi connectivity index (χ4v) is 3.66. The summed E-state index contributed by atoms with van der Waals surface area (Å²) in [6, 6.07) is 10.5. The van der Waals surface area contributed by atoms with Gasteiger partial charge in [-0.25, -0.2) is 13.1 Å². The van der Waals surface area contributed by atoms with Gasteiger partial charge in [-0.2, -0.15) is 0 Å². The molecule has 2 rings (SSSR count). The van der Waals surface area contributed by atoms with E-state index >= 15 is 0 Å². The highest BCUT2D eigenvalue weighted by molar-refractivity contribution is 7.88. The van der Waals surface area contributed by atoms with E-state index in [9.17, 15) is 13.2 Å². The number of hydrogen-bond acceptors (Lipinski definition) is 3. The molecule has 2 N–H and O–H groups in total. The Labute approximate surface area is 138 Å². The van der Waals surface area contributed by atoms with Crippen molar-refractivity contribution in [3.8, 4) is 0 Å². The van der Waals surface area contributed by atoms with Crippen molar-refractivity contribution >= 4 is 15.9 Å². The van der Waals surface area contributed by atoms with Crippen molar-refractivity contribution in [2.24, 2.45) is 5.92 Å². The second kappa shape index (κ2) is 8.45. The van der Waals surface area contributed by atoms with Crippen molar-refractivity contribution in [1.29, 1.82) is 0 Å². The van der Waals surface area contributed by atoms with Gasteiger partial charge in [0.15, 0.2) is 0 Å². The molecule has 1 aromatic carbocycles. The van der Waals surface area contributed by atoms with E-state index in [1.807, 2.05) is 18.2 Å². The predicted octanol–water partition coefficient (Wildman–Crippen LogP) is 1.84. The Kier molecular flexibility index (Phi) is 6.59. The van der Waals surface area contributed by atoms with Gasteiger partial charge in [-0.3, -0.25) is 4.79 Å². The Bertz CT molecular complexity index is 602. The minimum atomic E-state index is -3.23. The Hall–Kier alpha value is -1.40. The van der Waals surface area contributed by atoms with Gasteiger partial charge in [0, 0.05) is 19.0 Å². The molecule has 128 valence electrons. The van der Waals surface area contributed by atoms with Crippen molar-refractivity contribution in [2.45, 2.75) is 44.6 Å². The summed E-state index contributed by atoms with van der Waals surface area (Å²) >= 11 is 0. The molecular weight excluding hydrogens is 312 g/mol. The molecule has 1 saturated carbocycles. The maximum atomic E-state index is 12.0. The molecule has 0 spiro atoms. The van der Waals surface area contributed by atoms with Crippen molar-refractivity contribution in [2.75, 3.05) is 12.8 Å². The summed E-state index contributed by atoms with van der Waals surface area (Å²) in [5.41, 5.74) is 1.30. The third-order valence-corrected chi connectivity index (χ3v) is 5.04. The molecule has 1 amide bonds. The van der Waals surface area contributed by atoms with E-state index in [0.717, 1.165) is 31.9 Å². The second-order valence-electron chi connectivity index (χ2n) is 6.32. The zero-order valence-corrected chi connectivity index (χ0v) is 14.4. The monoisotopic (exact) mass is 338 g/mol. The van der Waals surface area contributed by atoms with Gasteiger partial charge >= 0.3 is 0 Å². The van der Waals surface area contributed by atoms with E-state index in [2.05, 4.69) is 22.2 Å². The van der Waals surface area contributed by atoms with Gasteiger partial charge in [-0.15, -0.1) is 0 Å². The predicted molar refractivity (Wildman–Crippen MR) is 91.5 cm³/mol. The molecule has 1 aliphatic rings. The highest BCUT2D eigenvalue weighted by Crippen LogP contribution is 2.27. The number of nitrogens with one attached hydrogen (secondary N) is 2. The van der Waals surface area contributed by atoms with Gasteiger partial charge in [-0.05, 0) is 30.7 Å². The van der Waals surface area contributed by atoms with Gasteiger partial charge in [0.2, 0.25) is 15.9 Å². The molecule has 0 aromatic heterocycles. The van der Waals surface area contributed by atoms with Crippen LogP contribution in [-0.4, -0.2) is 33.2 Å². The second-order valence-corrected chi connectivity index (χ2v) is 8.16. The molecule has 6 heteroatoms. The first kappa shape index (κ1) is 17.9. The zero-order valence-electron chi connectivity index (χ0n) is 13.6. The van der Waals surface area contributed by atoms with Crippen LogP contribution < -0.4 is 10.0 Å². The fourth-order valence-electron chi connectivity index (χ4n) is 3.19. The van der Waals surface area contributed by atoms with Crippen LogP contribution in [-0.2, 0) is 21.2 Å². The molecule has 2 atom stereocenters. The lowest BCUT2D eigenvalue weighted by Gasteiger charge is -2.32. The fraction of sp³-hybridized carbons (Fsp3) is 0.588. The normalized spacial score (nSPS) is 21.8. The summed E-state index contributed by atoms with van der Waals surface area (Å²) in [4.78, 5) is 12.0. The molecule has 1 aromatic rings. The smallest absolute Gasteiger partial charge is 0.221 e. The van der Waals surface area contributed by atoms with E-state index < -0.39 is 10.0 Å². The van der Waals surface area contributed by atoms with Crippen molar-refractivity contribution in [3.63, 3.8) is 0 Å². The summed E-state index contributed by atoms with van der Waals surface area (Å²) in [6.45, 7) is 0.154. The molecule has 23 heavy (non-hydrogen) atoms. The first-order chi connectivity index (χ1) is 10.9. The molecule has 0 bridgehead atoms. The van der Waals surface area contributed by atoms with Crippen molar-refractivity contribution in [1.82, 2.24) is 10.0 Å². The molecular formula is C17H26N2O3S. The van der Waals surface area contributed by atoms with Gasteiger partial charge < -0.3 is 5.32 Å². The maximum absolute atomic E-state index is 12.0. The molecule has 0 aliphatic heterocycles. The lowest BCUT2D eigenvalue weighted by molar-refractivity contribution is -0.122. The quantitative estimate of drug-likeness (QED) is 0.796. The van der Waals surface area contributed by atoms with Crippen LogP contribution in [0.2, 0.25) is 0 Å². The topological polar surface area (TPSA) is 75.3 Å². The van der Waals surface area contributed by atoms with Gasteiger partial charge in [0.05, 0.1) is 6.26 Å². The Morgan fingerprint density at radius 3 is 2.57 bits per heavy atom. The third kappa shape index (κ3) is 6.71. The minimum absolute atomic E-state index is 0.0777. The molecule has 0 unspecified atom stereocenters. The first-order valence-electron chi connectivity index (χ1n) is 8.22. The Balaban J connectivity index is 1.84. The summed E-state index contributed by atoms with van der Waals surface area (Å²) in [7, 11) is -3.23. The third-order valence-electron chi connectivity index (χ3n) is 4.31. The van der Waals surface area contributed by atoms with E-state index in [0.29, 0.717) is 5.92 Å². The molecule has 1 fully saturated rings. The van der Waals surface area contributed by atoms with Crippen LogP contribution in [0.4, 0.5) is 0 Å². The first-order valence-corrected chi connectivity index (χ1v) is 10.1. The molecule has 5 nitrogen and oxygen atoms in total. The molecule has 0 saturated heterocycles. The average Bonchev–Trinajstić information content (AvgIpc) is 2.49. The van der Waals surface area contributed by atoms with Crippen LogP contribution in [0.25, 0.3) is 0 Å². The standard InChI is InChI=1S/C17H26N2O3S/c1-23(21,22)18-12-11-17(20)19-16-10-6-5-9-15(16)13-14-7-3-2-4-8-14/h2-4,7-8,15-16,18H,5-6,9-13H2,1H3,(H,19,20)/t15-,16+/m0/s1. The van der Waals surface area contributed by atoms with Gasteiger partial charge in [-0.1, -0.05) is 43.2 Å². The summed E-state index contributed by atoms with van der Waals surface area (Å²) < 4.78 is 24.4. The van der Waals surface area contributed by atoms with E-state index in [1.54, 1.807) is 0 Å². The average molecular weight is 338 g/mol. The number of hydrogen-bond donors (Lipinski definition) is 2. The van der Waals surface area contributed by atoms with Crippen LogP contribution in [0.15, 0.2) is 30.3 Å². The van der Waals surface area contributed by atoms with Crippen LogP contribution in [0.3, 0.4) is 0 Å². The zero-order chi connectivity index (χ0) is 16.7. The van der Waals surface area contributed by atoms with Gasteiger partial charge in [0.25, 0.3) is 0 Å². The van der Waals surface area contributed by atoms with Crippen LogP contribution in [0.5, 0.6) is 0 Å². The highest BCUT2D eigenvalue weighted by atomic mass is 32.2. The van der Waals surface area contributed by atoms with Crippen molar-refractivity contribution < 1.29 is 13.2 Å². The Morgan fingerprint density at radius 2 is 1.87 bits per heavy atom. The number of carbonyl (C=O) groups excluding carboxylic acids is 1. The number of amides is 1. The highest BCUT2D eigenvalue weighted by Gasteiger charge is 2.26. The number of sulfonamides is 1. The maximum Gasteiger partial charge on any atom is 0.221 e. The van der Waals surface area contributed by atoms with E-state index in [1.165, 1.54) is 12.0 Å². The lowest BCUT2D eigenvalue weighted by atomic mass is 9.80.